The van der Waals surface area contributed by atoms with Crippen LogP contribution in [0.5, 0.6) is 0 Å². The van der Waals surface area contributed by atoms with Gasteiger partial charge in [-0.2, -0.15) is 5.10 Å². The summed E-state index contributed by atoms with van der Waals surface area (Å²) in [5, 5.41) is 14.5. The van der Waals surface area contributed by atoms with Crippen LogP contribution in [0.3, 0.4) is 0 Å². The number of anilines is 1. The van der Waals surface area contributed by atoms with Crippen molar-refractivity contribution < 1.29 is 4.92 Å². The van der Waals surface area contributed by atoms with E-state index in [1.165, 1.54) is 24.4 Å². The summed E-state index contributed by atoms with van der Waals surface area (Å²) in [7, 11) is 0. The van der Waals surface area contributed by atoms with Gasteiger partial charge in [-0.25, -0.2) is 10.4 Å². The van der Waals surface area contributed by atoms with E-state index < -0.39 is 4.92 Å². The Morgan fingerprint density at radius 2 is 2.05 bits per heavy atom. The molecule has 0 bridgehead atoms. The van der Waals surface area contributed by atoms with E-state index >= 15 is 0 Å². The Morgan fingerprint density at radius 3 is 2.64 bits per heavy atom. The number of nitro groups is 1. The van der Waals surface area contributed by atoms with Gasteiger partial charge in [-0.1, -0.05) is 13.8 Å². The van der Waals surface area contributed by atoms with E-state index in [2.05, 4.69) is 20.5 Å². The molecule has 114 valence electrons. The van der Waals surface area contributed by atoms with Crippen LogP contribution in [-0.4, -0.2) is 21.1 Å². The standard InChI is InChI=1S/C14H15N5O3/c1-9(2)12-7-13(20)17-14(16-12)18-15-8-10-3-5-11(6-4-10)19(21)22/h3-9H,1-2H3,(H2,16,17,18,20)/b15-8-. The maximum atomic E-state index is 11.5. The number of benzene rings is 1. The number of nitrogens with zero attached hydrogens (tertiary/aromatic N) is 3. The Hall–Kier alpha value is -3.03. The van der Waals surface area contributed by atoms with Crippen molar-refractivity contribution in [2.24, 2.45) is 5.10 Å². The molecule has 0 saturated carbocycles. The van der Waals surface area contributed by atoms with Crippen molar-refractivity contribution in [1.82, 2.24) is 9.97 Å². The molecule has 8 nitrogen and oxygen atoms in total. The van der Waals surface area contributed by atoms with E-state index in [-0.39, 0.29) is 23.1 Å². The maximum absolute atomic E-state index is 11.5. The Balaban J connectivity index is 2.09. The van der Waals surface area contributed by atoms with Crippen molar-refractivity contribution >= 4 is 17.9 Å². The zero-order valence-electron chi connectivity index (χ0n) is 12.1. The fraction of sp³-hybridized carbons (Fsp3) is 0.214. The summed E-state index contributed by atoms with van der Waals surface area (Å²) in [5.41, 5.74) is 3.74. The van der Waals surface area contributed by atoms with Crippen molar-refractivity contribution in [3.63, 3.8) is 0 Å². The van der Waals surface area contributed by atoms with E-state index in [0.717, 1.165) is 0 Å². The average molecular weight is 301 g/mol. The van der Waals surface area contributed by atoms with Crippen molar-refractivity contribution in [2.75, 3.05) is 5.43 Å². The number of hydrazone groups is 1. The summed E-state index contributed by atoms with van der Waals surface area (Å²) >= 11 is 0. The molecule has 0 fully saturated rings. The lowest BCUT2D eigenvalue weighted by Gasteiger charge is -2.05. The third kappa shape index (κ3) is 3.98. The van der Waals surface area contributed by atoms with Gasteiger partial charge >= 0.3 is 0 Å². The summed E-state index contributed by atoms with van der Waals surface area (Å²) in [6, 6.07) is 7.37. The number of nitro benzene ring substituents is 1. The highest BCUT2D eigenvalue weighted by molar-refractivity contribution is 5.80. The van der Waals surface area contributed by atoms with E-state index in [1.54, 1.807) is 12.1 Å². The molecule has 0 radical (unpaired) electrons. The Bertz CT molecular complexity index is 750. The molecule has 0 amide bonds. The molecule has 2 N–H and O–H groups in total. The first-order valence-corrected chi connectivity index (χ1v) is 6.60. The van der Waals surface area contributed by atoms with Crippen LogP contribution in [0, 0.1) is 10.1 Å². The number of aromatic amines is 1. The molecule has 0 atom stereocenters. The Morgan fingerprint density at radius 1 is 1.36 bits per heavy atom. The molecular formula is C14H15N5O3. The zero-order valence-corrected chi connectivity index (χ0v) is 12.1. The van der Waals surface area contributed by atoms with Gasteiger partial charge in [0.15, 0.2) is 0 Å². The molecule has 0 saturated heterocycles. The van der Waals surface area contributed by atoms with Crippen LogP contribution in [0.25, 0.3) is 0 Å². The van der Waals surface area contributed by atoms with Crippen LogP contribution in [0.2, 0.25) is 0 Å². The number of rotatable bonds is 5. The third-order valence-corrected chi connectivity index (χ3v) is 2.84. The van der Waals surface area contributed by atoms with Gasteiger partial charge < -0.3 is 0 Å². The monoisotopic (exact) mass is 301 g/mol. The number of H-pyrrole nitrogens is 1. The minimum absolute atomic E-state index is 0.0146. The predicted octanol–water partition coefficient (Wildman–Crippen LogP) is 2.25. The molecule has 0 aliphatic rings. The van der Waals surface area contributed by atoms with Gasteiger partial charge in [0.2, 0.25) is 5.95 Å². The Kier molecular flexibility index (Phi) is 4.62. The van der Waals surface area contributed by atoms with E-state index in [0.29, 0.717) is 11.3 Å². The first-order chi connectivity index (χ1) is 10.5. The van der Waals surface area contributed by atoms with Gasteiger partial charge in [-0.05, 0) is 23.6 Å². The first kappa shape index (κ1) is 15.4. The smallest absolute Gasteiger partial charge is 0.269 e. The van der Waals surface area contributed by atoms with Crippen molar-refractivity contribution in [1.29, 1.82) is 0 Å². The van der Waals surface area contributed by atoms with E-state index in [9.17, 15) is 14.9 Å². The molecule has 1 aromatic carbocycles. The second-order valence-corrected chi connectivity index (χ2v) is 4.89. The van der Waals surface area contributed by atoms with E-state index in [1.807, 2.05) is 13.8 Å². The van der Waals surface area contributed by atoms with Crippen molar-refractivity contribution in [3.05, 3.63) is 62.1 Å². The van der Waals surface area contributed by atoms with Gasteiger partial charge in [0.1, 0.15) is 0 Å². The van der Waals surface area contributed by atoms with Gasteiger partial charge in [-0.15, -0.1) is 0 Å². The molecule has 0 spiro atoms. The molecule has 2 rings (SSSR count). The lowest BCUT2D eigenvalue weighted by Crippen LogP contribution is -2.12. The SMILES string of the molecule is CC(C)c1cc(=O)[nH]c(N/N=C\c2ccc([N+](=O)[O-])cc2)n1. The summed E-state index contributed by atoms with van der Waals surface area (Å²) in [5.74, 6) is 0.371. The molecule has 22 heavy (non-hydrogen) atoms. The quantitative estimate of drug-likeness (QED) is 0.499. The number of hydrogen-bond acceptors (Lipinski definition) is 6. The number of aromatic nitrogens is 2. The molecule has 1 heterocycles. The molecule has 0 unspecified atom stereocenters. The number of non-ortho nitro benzene ring substituents is 1. The highest BCUT2D eigenvalue weighted by Crippen LogP contribution is 2.11. The second kappa shape index (κ2) is 6.61. The van der Waals surface area contributed by atoms with Gasteiger partial charge in [0, 0.05) is 18.2 Å². The summed E-state index contributed by atoms with van der Waals surface area (Å²) in [4.78, 5) is 28.3. The maximum Gasteiger partial charge on any atom is 0.269 e. The van der Waals surface area contributed by atoms with Gasteiger partial charge in [-0.3, -0.25) is 19.9 Å². The highest BCUT2D eigenvalue weighted by atomic mass is 16.6. The second-order valence-electron chi connectivity index (χ2n) is 4.89. The van der Waals surface area contributed by atoms with Crippen LogP contribution in [-0.2, 0) is 0 Å². The lowest BCUT2D eigenvalue weighted by atomic mass is 10.1. The van der Waals surface area contributed by atoms with Crippen LogP contribution < -0.4 is 11.0 Å². The third-order valence-electron chi connectivity index (χ3n) is 2.84. The van der Waals surface area contributed by atoms with Crippen LogP contribution in [0.4, 0.5) is 11.6 Å². The molecule has 8 heteroatoms. The van der Waals surface area contributed by atoms with Crippen LogP contribution >= 0.6 is 0 Å². The van der Waals surface area contributed by atoms with Gasteiger partial charge in [0.25, 0.3) is 11.2 Å². The summed E-state index contributed by atoms with van der Waals surface area (Å²) in [6.45, 7) is 3.87. The molecule has 0 aliphatic carbocycles. The topological polar surface area (TPSA) is 113 Å². The number of hydrogen-bond donors (Lipinski definition) is 2. The van der Waals surface area contributed by atoms with Crippen LogP contribution in [0.15, 0.2) is 40.2 Å². The number of nitrogens with one attached hydrogen (secondary N) is 2. The normalized spacial score (nSPS) is 11.0. The fourth-order valence-electron chi connectivity index (χ4n) is 1.68. The molecule has 1 aromatic heterocycles. The molecule has 0 aliphatic heterocycles. The molecular weight excluding hydrogens is 286 g/mol. The zero-order chi connectivity index (χ0) is 16.1. The summed E-state index contributed by atoms with van der Waals surface area (Å²) in [6.07, 6.45) is 1.48. The average Bonchev–Trinajstić information content (AvgIpc) is 2.47. The first-order valence-electron chi connectivity index (χ1n) is 6.60. The van der Waals surface area contributed by atoms with E-state index in [4.69, 9.17) is 0 Å². The largest absolute Gasteiger partial charge is 0.291 e. The summed E-state index contributed by atoms with van der Waals surface area (Å²) < 4.78 is 0. The highest BCUT2D eigenvalue weighted by Gasteiger charge is 2.05. The predicted molar refractivity (Wildman–Crippen MR) is 83.3 cm³/mol. The van der Waals surface area contributed by atoms with Crippen LogP contribution in [0.1, 0.15) is 31.0 Å². The molecule has 2 aromatic rings. The fourth-order valence-corrected chi connectivity index (χ4v) is 1.68. The minimum Gasteiger partial charge on any atom is -0.291 e. The van der Waals surface area contributed by atoms with Crippen molar-refractivity contribution in [3.8, 4) is 0 Å². The Labute approximate surface area is 126 Å². The lowest BCUT2D eigenvalue weighted by molar-refractivity contribution is -0.384. The van der Waals surface area contributed by atoms with Crippen molar-refractivity contribution in [2.45, 2.75) is 19.8 Å². The van der Waals surface area contributed by atoms with Gasteiger partial charge in [0.05, 0.1) is 16.8 Å². The minimum atomic E-state index is -0.467.